The van der Waals surface area contributed by atoms with E-state index in [9.17, 15) is 4.79 Å². The van der Waals surface area contributed by atoms with Gasteiger partial charge in [-0.3, -0.25) is 4.79 Å². The zero-order valence-corrected chi connectivity index (χ0v) is 11.9. The van der Waals surface area contributed by atoms with Crippen LogP contribution in [0, 0.1) is 0 Å². The van der Waals surface area contributed by atoms with E-state index in [1.807, 2.05) is 42.5 Å². The second-order valence-corrected chi connectivity index (χ2v) is 4.73. The number of ether oxygens (including phenoxy) is 1. The highest BCUT2D eigenvalue weighted by molar-refractivity contribution is 5.77. The molecule has 0 aromatic heterocycles. The van der Waals surface area contributed by atoms with E-state index in [0.717, 1.165) is 6.42 Å². The lowest BCUT2D eigenvalue weighted by molar-refractivity contribution is -0.123. The molecule has 0 saturated carbocycles. The zero-order chi connectivity index (χ0) is 14.9. The number of rotatable bonds is 7. The smallest absolute Gasteiger partial charge is 0.257 e. The van der Waals surface area contributed by atoms with Crippen molar-refractivity contribution in [3.05, 3.63) is 65.7 Å². The summed E-state index contributed by atoms with van der Waals surface area (Å²) in [7, 11) is 0. The third-order valence-electron chi connectivity index (χ3n) is 3.01. The van der Waals surface area contributed by atoms with Gasteiger partial charge in [0.05, 0.1) is 0 Å². The van der Waals surface area contributed by atoms with Crippen molar-refractivity contribution in [2.75, 3.05) is 19.7 Å². The van der Waals surface area contributed by atoms with Gasteiger partial charge in [-0.2, -0.15) is 0 Å². The predicted octanol–water partition coefficient (Wildman–Crippen LogP) is 1.73. The monoisotopic (exact) mass is 284 g/mol. The Balaban J connectivity index is 1.83. The van der Waals surface area contributed by atoms with Crippen molar-refractivity contribution in [3.63, 3.8) is 0 Å². The molecular weight excluding hydrogens is 264 g/mol. The fourth-order valence-corrected chi connectivity index (χ4v) is 1.95. The first-order valence-corrected chi connectivity index (χ1v) is 7.00. The number of hydrogen-bond donors (Lipinski definition) is 2. The van der Waals surface area contributed by atoms with E-state index in [2.05, 4.69) is 17.4 Å². The van der Waals surface area contributed by atoms with E-state index < -0.39 is 0 Å². The number of carbonyl (C=O) groups is 1. The molecule has 110 valence electrons. The van der Waals surface area contributed by atoms with Crippen LogP contribution in [-0.4, -0.2) is 25.6 Å². The summed E-state index contributed by atoms with van der Waals surface area (Å²) in [6, 6.07) is 18.1. The summed E-state index contributed by atoms with van der Waals surface area (Å²) in [4.78, 5) is 11.4. The molecule has 0 aliphatic carbocycles. The summed E-state index contributed by atoms with van der Waals surface area (Å²) < 4.78 is 5.42. The van der Waals surface area contributed by atoms with Gasteiger partial charge in [-0.25, -0.2) is 0 Å². The minimum absolute atomic E-state index is 0.0119. The van der Waals surface area contributed by atoms with Gasteiger partial charge in [0.2, 0.25) is 0 Å². The summed E-state index contributed by atoms with van der Waals surface area (Å²) in [5.41, 5.74) is 7.79. The predicted molar refractivity (Wildman–Crippen MR) is 83.2 cm³/mol. The van der Waals surface area contributed by atoms with Crippen LogP contribution in [-0.2, 0) is 11.2 Å². The molecule has 2 aromatic rings. The van der Waals surface area contributed by atoms with Crippen molar-refractivity contribution in [1.82, 2.24) is 5.32 Å². The Kier molecular flexibility index (Phi) is 5.79. The molecule has 2 rings (SSSR count). The van der Waals surface area contributed by atoms with E-state index in [1.165, 1.54) is 11.1 Å². The van der Waals surface area contributed by atoms with Crippen molar-refractivity contribution in [2.45, 2.75) is 6.42 Å². The standard InChI is InChI=1S/C17H20N2O2/c18-10-11-19-17(20)13-21-16-8-6-15(7-9-16)12-14-4-2-1-3-5-14/h1-9H,10-13,18H2,(H,19,20). The van der Waals surface area contributed by atoms with Crippen LogP contribution in [0.2, 0.25) is 0 Å². The summed E-state index contributed by atoms with van der Waals surface area (Å²) in [6.07, 6.45) is 0.887. The van der Waals surface area contributed by atoms with Crippen LogP contribution in [0.5, 0.6) is 5.75 Å². The van der Waals surface area contributed by atoms with Crippen LogP contribution in [0.1, 0.15) is 11.1 Å². The molecule has 0 aliphatic heterocycles. The van der Waals surface area contributed by atoms with Crippen molar-refractivity contribution in [2.24, 2.45) is 5.73 Å². The van der Waals surface area contributed by atoms with Gasteiger partial charge in [-0.15, -0.1) is 0 Å². The highest BCUT2D eigenvalue weighted by Crippen LogP contribution is 2.15. The van der Waals surface area contributed by atoms with Crippen LogP contribution < -0.4 is 15.8 Å². The van der Waals surface area contributed by atoms with E-state index in [0.29, 0.717) is 18.8 Å². The van der Waals surface area contributed by atoms with Gasteiger partial charge in [0.1, 0.15) is 5.75 Å². The van der Waals surface area contributed by atoms with Gasteiger partial charge in [-0.1, -0.05) is 42.5 Å². The lowest BCUT2D eigenvalue weighted by atomic mass is 10.1. The van der Waals surface area contributed by atoms with Crippen molar-refractivity contribution in [1.29, 1.82) is 0 Å². The molecule has 3 N–H and O–H groups in total. The van der Waals surface area contributed by atoms with Gasteiger partial charge in [0, 0.05) is 13.1 Å². The number of nitrogens with two attached hydrogens (primary N) is 1. The second kappa shape index (κ2) is 8.07. The SMILES string of the molecule is NCCNC(=O)COc1ccc(Cc2ccccc2)cc1. The van der Waals surface area contributed by atoms with Crippen LogP contribution in [0.15, 0.2) is 54.6 Å². The van der Waals surface area contributed by atoms with Gasteiger partial charge in [0.15, 0.2) is 6.61 Å². The van der Waals surface area contributed by atoms with E-state index >= 15 is 0 Å². The summed E-state index contributed by atoms with van der Waals surface area (Å²) in [6.45, 7) is 0.913. The van der Waals surface area contributed by atoms with E-state index in [1.54, 1.807) is 0 Å². The summed E-state index contributed by atoms with van der Waals surface area (Å²) >= 11 is 0. The third kappa shape index (κ3) is 5.28. The van der Waals surface area contributed by atoms with Crippen molar-refractivity contribution in [3.8, 4) is 5.75 Å². The highest BCUT2D eigenvalue weighted by Gasteiger charge is 2.02. The maximum absolute atomic E-state index is 11.4. The maximum Gasteiger partial charge on any atom is 0.257 e. The molecule has 0 unspecified atom stereocenters. The molecule has 0 radical (unpaired) electrons. The van der Waals surface area contributed by atoms with Gasteiger partial charge < -0.3 is 15.8 Å². The molecule has 4 nitrogen and oxygen atoms in total. The van der Waals surface area contributed by atoms with Crippen LogP contribution in [0.4, 0.5) is 0 Å². The fraction of sp³-hybridized carbons (Fsp3) is 0.235. The molecule has 21 heavy (non-hydrogen) atoms. The average Bonchev–Trinajstić information content (AvgIpc) is 2.53. The Hall–Kier alpha value is -2.33. The Morgan fingerprint density at radius 1 is 1.00 bits per heavy atom. The second-order valence-electron chi connectivity index (χ2n) is 4.73. The molecule has 0 fully saturated rings. The Labute approximate surface area is 124 Å². The number of carbonyl (C=O) groups excluding carboxylic acids is 1. The molecule has 0 aliphatic rings. The first-order chi connectivity index (χ1) is 10.3. The number of amides is 1. The number of nitrogens with one attached hydrogen (secondary N) is 1. The molecule has 0 heterocycles. The highest BCUT2D eigenvalue weighted by atomic mass is 16.5. The Morgan fingerprint density at radius 2 is 1.67 bits per heavy atom. The van der Waals surface area contributed by atoms with Crippen LogP contribution >= 0.6 is 0 Å². The largest absolute Gasteiger partial charge is 0.484 e. The molecule has 0 atom stereocenters. The lowest BCUT2D eigenvalue weighted by Gasteiger charge is -2.08. The molecule has 0 spiro atoms. The first-order valence-electron chi connectivity index (χ1n) is 7.00. The minimum atomic E-state index is -0.159. The van der Waals surface area contributed by atoms with E-state index in [-0.39, 0.29) is 12.5 Å². The number of hydrogen-bond acceptors (Lipinski definition) is 3. The minimum Gasteiger partial charge on any atom is -0.484 e. The quantitative estimate of drug-likeness (QED) is 0.814. The van der Waals surface area contributed by atoms with Crippen molar-refractivity contribution < 1.29 is 9.53 Å². The summed E-state index contributed by atoms with van der Waals surface area (Å²) in [5.74, 6) is 0.531. The topological polar surface area (TPSA) is 64.3 Å². The number of benzene rings is 2. The van der Waals surface area contributed by atoms with E-state index in [4.69, 9.17) is 10.5 Å². The van der Waals surface area contributed by atoms with Gasteiger partial charge in [0.25, 0.3) is 5.91 Å². The average molecular weight is 284 g/mol. The molecule has 4 heteroatoms. The molecule has 0 bridgehead atoms. The van der Waals surface area contributed by atoms with Gasteiger partial charge in [-0.05, 0) is 29.7 Å². The molecule has 2 aromatic carbocycles. The zero-order valence-electron chi connectivity index (χ0n) is 11.9. The molecule has 0 saturated heterocycles. The lowest BCUT2D eigenvalue weighted by Crippen LogP contribution is -2.32. The summed E-state index contributed by atoms with van der Waals surface area (Å²) in [5, 5.41) is 2.66. The van der Waals surface area contributed by atoms with Crippen molar-refractivity contribution >= 4 is 5.91 Å². The first kappa shape index (κ1) is 15.1. The maximum atomic E-state index is 11.4. The Morgan fingerprint density at radius 3 is 2.33 bits per heavy atom. The van der Waals surface area contributed by atoms with Crippen LogP contribution in [0.25, 0.3) is 0 Å². The normalized spacial score (nSPS) is 10.1. The molecular formula is C17H20N2O2. The third-order valence-corrected chi connectivity index (χ3v) is 3.01. The Bertz CT molecular complexity index is 553. The van der Waals surface area contributed by atoms with Gasteiger partial charge >= 0.3 is 0 Å². The fourth-order valence-electron chi connectivity index (χ4n) is 1.95. The van der Waals surface area contributed by atoms with Crippen LogP contribution in [0.3, 0.4) is 0 Å². The molecule has 1 amide bonds.